The fourth-order valence-corrected chi connectivity index (χ4v) is 9.75. The highest BCUT2D eigenvalue weighted by atomic mass is 32.1. The maximum absolute atomic E-state index is 6.26. The molecular weight excluding hydrogens is 729 g/mol. The van der Waals surface area contributed by atoms with Gasteiger partial charge in [-0.1, -0.05) is 152 Å². The number of hydrogen-bond donors (Lipinski definition) is 0. The number of pyridine rings is 1. The summed E-state index contributed by atoms with van der Waals surface area (Å²) in [5.74, 6) is 1.82. The highest BCUT2D eigenvalue weighted by Crippen LogP contribution is 2.46. The Hall–Kier alpha value is -7.54. The minimum Gasteiger partial charge on any atom is -0.456 e. The molecule has 0 atom stereocenters. The Kier molecular flexibility index (Phi) is 7.33. The van der Waals surface area contributed by atoms with Crippen LogP contribution in [0.3, 0.4) is 0 Å². The van der Waals surface area contributed by atoms with Crippen molar-refractivity contribution in [2.24, 2.45) is 0 Å². The number of fused-ring (bicyclic) bond motifs is 10. The molecule has 0 N–H and O–H groups in total. The topological polar surface area (TPSA) is 64.7 Å². The first-order valence-electron chi connectivity index (χ1n) is 19.3. The molecule has 0 bridgehead atoms. The van der Waals surface area contributed by atoms with Gasteiger partial charge >= 0.3 is 0 Å². The summed E-state index contributed by atoms with van der Waals surface area (Å²) in [6.07, 6.45) is 0. The van der Waals surface area contributed by atoms with Crippen molar-refractivity contribution in [2.75, 3.05) is 0 Å². The van der Waals surface area contributed by atoms with E-state index in [0.717, 1.165) is 71.7 Å². The maximum Gasteiger partial charge on any atom is 0.164 e. The van der Waals surface area contributed by atoms with Gasteiger partial charge in [-0.2, -0.15) is 0 Å². The van der Waals surface area contributed by atoms with Gasteiger partial charge in [-0.25, -0.2) is 19.9 Å². The molecule has 0 aliphatic rings. The zero-order valence-corrected chi connectivity index (χ0v) is 31.7. The van der Waals surface area contributed by atoms with Crippen LogP contribution in [0.1, 0.15) is 0 Å². The van der Waals surface area contributed by atoms with E-state index in [0.29, 0.717) is 17.5 Å². The summed E-state index contributed by atoms with van der Waals surface area (Å²) in [6.45, 7) is 0. The van der Waals surface area contributed by atoms with Gasteiger partial charge in [0.2, 0.25) is 0 Å². The summed E-state index contributed by atoms with van der Waals surface area (Å²) in [7, 11) is 0. The first-order valence-corrected chi connectivity index (χ1v) is 20.1. The molecule has 12 rings (SSSR count). The lowest BCUT2D eigenvalue weighted by Crippen LogP contribution is -2.00. The molecule has 0 saturated heterocycles. The molecule has 0 radical (unpaired) electrons. The van der Waals surface area contributed by atoms with Gasteiger partial charge in [-0.3, -0.25) is 0 Å². The van der Waals surface area contributed by atoms with Crippen molar-refractivity contribution in [3.05, 3.63) is 182 Å². The molecule has 0 fully saturated rings. The Morgan fingerprint density at radius 3 is 1.84 bits per heavy atom. The van der Waals surface area contributed by atoms with Crippen LogP contribution in [0.25, 0.3) is 120 Å². The Bertz CT molecular complexity index is 3570. The minimum absolute atomic E-state index is 0.599. The number of nitrogens with zero attached hydrogens (tertiary/aromatic N) is 4. The Balaban J connectivity index is 1.06. The summed E-state index contributed by atoms with van der Waals surface area (Å²) >= 11 is 1.84. The third-order valence-corrected chi connectivity index (χ3v) is 12.3. The lowest BCUT2D eigenvalue weighted by molar-refractivity contribution is 0.669. The van der Waals surface area contributed by atoms with Crippen molar-refractivity contribution in [2.45, 2.75) is 0 Å². The van der Waals surface area contributed by atoms with Crippen LogP contribution in [0.5, 0.6) is 0 Å². The number of hydrogen-bond acceptors (Lipinski definition) is 6. The van der Waals surface area contributed by atoms with E-state index in [1.807, 2.05) is 72.0 Å². The van der Waals surface area contributed by atoms with Gasteiger partial charge in [0.25, 0.3) is 0 Å². The largest absolute Gasteiger partial charge is 0.456 e. The standard InChI is InChI=1S/C52H30N4OS/c1-3-14-31(15-4-1)48-38-28-29-44-47(46(38)36-20-7-9-25-41(36)53-48)39-23-12-22-35(49(39)58-44)33-18-11-19-34(30-33)51-54-50(32-16-5-2-6-17-32)55-52(56-51)40-24-13-27-43-45(40)37-21-8-10-26-42(37)57-43/h1-30H. The molecule has 6 heteroatoms. The lowest BCUT2D eigenvalue weighted by Gasteiger charge is -2.12. The molecule has 0 amide bonds. The van der Waals surface area contributed by atoms with Crippen LogP contribution < -0.4 is 0 Å². The van der Waals surface area contributed by atoms with E-state index in [9.17, 15) is 0 Å². The highest BCUT2D eigenvalue weighted by Gasteiger charge is 2.20. The van der Waals surface area contributed by atoms with E-state index in [1.54, 1.807) is 0 Å². The monoisotopic (exact) mass is 758 g/mol. The molecule has 4 aromatic heterocycles. The molecule has 12 aromatic rings. The van der Waals surface area contributed by atoms with Crippen molar-refractivity contribution in [1.29, 1.82) is 0 Å². The van der Waals surface area contributed by atoms with Gasteiger partial charge in [0, 0.05) is 69.4 Å². The van der Waals surface area contributed by atoms with Crippen LogP contribution in [0.2, 0.25) is 0 Å². The van der Waals surface area contributed by atoms with E-state index < -0.39 is 0 Å². The fraction of sp³-hybridized carbons (Fsp3) is 0. The molecule has 0 spiro atoms. The van der Waals surface area contributed by atoms with Crippen molar-refractivity contribution in [3.8, 4) is 56.5 Å². The number of thiophene rings is 1. The predicted octanol–water partition coefficient (Wildman–Crippen LogP) is 14.2. The Labute approximate surface area is 336 Å². The van der Waals surface area contributed by atoms with Crippen molar-refractivity contribution < 1.29 is 4.42 Å². The number of furan rings is 1. The Morgan fingerprint density at radius 1 is 0.362 bits per heavy atom. The second kappa shape index (κ2) is 13.0. The quantitative estimate of drug-likeness (QED) is 0.164. The number of para-hydroxylation sites is 2. The van der Waals surface area contributed by atoms with Crippen molar-refractivity contribution in [1.82, 2.24) is 19.9 Å². The highest BCUT2D eigenvalue weighted by molar-refractivity contribution is 7.26. The average molecular weight is 759 g/mol. The fourth-order valence-electron chi connectivity index (χ4n) is 8.50. The van der Waals surface area contributed by atoms with Crippen LogP contribution in [0.15, 0.2) is 186 Å². The van der Waals surface area contributed by atoms with Gasteiger partial charge in [0.1, 0.15) is 11.2 Å². The van der Waals surface area contributed by atoms with Crippen LogP contribution in [-0.4, -0.2) is 19.9 Å². The zero-order chi connectivity index (χ0) is 38.2. The third kappa shape index (κ3) is 5.16. The summed E-state index contributed by atoms with van der Waals surface area (Å²) in [5.41, 5.74) is 9.75. The van der Waals surface area contributed by atoms with Crippen LogP contribution in [-0.2, 0) is 0 Å². The summed E-state index contributed by atoms with van der Waals surface area (Å²) in [4.78, 5) is 20.6. The zero-order valence-electron chi connectivity index (χ0n) is 30.9. The number of aromatic nitrogens is 4. The van der Waals surface area contributed by atoms with E-state index >= 15 is 0 Å². The second-order valence-corrected chi connectivity index (χ2v) is 15.6. The molecule has 0 saturated carbocycles. The van der Waals surface area contributed by atoms with Crippen molar-refractivity contribution >= 4 is 75.1 Å². The van der Waals surface area contributed by atoms with Crippen LogP contribution in [0.4, 0.5) is 0 Å². The number of rotatable bonds is 5. The van der Waals surface area contributed by atoms with Crippen molar-refractivity contribution in [3.63, 3.8) is 0 Å². The van der Waals surface area contributed by atoms with E-state index in [4.69, 9.17) is 24.4 Å². The SMILES string of the molecule is c1ccc(-c2nc(-c3cccc(-c4cccc5c4sc4ccc6c(-c7ccccc7)nc7ccccc7c6c45)c3)nc(-c3cccc4oc5ccccc5c34)n2)cc1. The molecular formula is C52H30N4OS. The summed E-state index contributed by atoms with van der Waals surface area (Å²) in [6, 6.07) is 63.2. The van der Waals surface area contributed by atoms with Gasteiger partial charge in [0.15, 0.2) is 17.5 Å². The second-order valence-electron chi connectivity index (χ2n) is 14.5. The molecule has 5 nitrogen and oxygen atoms in total. The average Bonchev–Trinajstić information content (AvgIpc) is 3.88. The van der Waals surface area contributed by atoms with E-state index in [-0.39, 0.29) is 0 Å². The summed E-state index contributed by atoms with van der Waals surface area (Å²) in [5, 5.41) is 8.08. The molecule has 270 valence electrons. The normalized spacial score (nSPS) is 11.8. The lowest BCUT2D eigenvalue weighted by atomic mass is 9.95. The molecule has 8 aromatic carbocycles. The Morgan fingerprint density at radius 2 is 0.983 bits per heavy atom. The summed E-state index contributed by atoms with van der Waals surface area (Å²) < 4.78 is 8.75. The molecule has 0 unspecified atom stereocenters. The first kappa shape index (κ1) is 32.7. The number of benzene rings is 8. The van der Waals surface area contributed by atoms with Gasteiger partial charge in [-0.05, 0) is 41.5 Å². The first-order chi connectivity index (χ1) is 28.7. The molecule has 58 heavy (non-hydrogen) atoms. The van der Waals surface area contributed by atoms with Crippen LogP contribution >= 0.6 is 11.3 Å². The smallest absolute Gasteiger partial charge is 0.164 e. The third-order valence-electron chi connectivity index (χ3n) is 11.1. The molecule has 4 heterocycles. The maximum atomic E-state index is 6.26. The van der Waals surface area contributed by atoms with E-state index in [1.165, 1.54) is 31.1 Å². The predicted molar refractivity (Wildman–Crippen MR) is 240 cm³/mol. The van der Waals surface area contributed by atoms with E-state index in [2.05, 4.69) is 121 Å². The van der Waals surface area contributed by atoms with Gasteiger partial charge in [-0.15, -0.1) is 11.3 Å². The minimum atomic E-state index is 0.599. The van der Waals surface area contributed by atoms with Gasteiger partial charge < -0.3 is 4.42 Å². The molecule has 0 aliphatic carbocycles. The van der Waals surface area contributed by atoms with Crippen LogP contribution in [0, 0.1) is 0 Å². The van der Waals surface area contributed by atoms with Gasteiger partial charge in [0.05, 0.1) is 11.2 Å². The molecule has 0 aliphatic heterocycles.